The summed E-state index contributed by atoms with van der Waals surface area (Å²) in [6.07, 6.45) is 2.12. The van der Waals surface area contributed by atoms with Gasteiger partial charge >= 0.3 is 0 Å². The van der Waals surface area contributed by atoms with Crippen LogP contribution in [0, 0.1) is 5.92 Å². The second-order valence-electron chi connectivity index (χ2n) is 8.38. The summed E-state index contributed by atoms with van der Waals surface area (Å²) in [5.74, 6) is 0.890. The Morgan fingerprint density at radius 2 is 1.75 bits per heavy atom. The molecule has 3 aromatic carbocycles. The van der Waals surface area contributed by atoms with E-state index in [1.54, 1.807) is 18.2 Å². The molecule has 1 aliphatic heterocycles. The summed E-state index contributed by atoms with van der Waals surface area (Å²) in [4.78, 5) is 15.1. The highest BCUT2D eigenvalue weighted by molar-refractivity contribution is 5.79. The number of hydrogen-bond donors (Lipinski definition) is 2. The molecule has 2 atom stereocenters. The van der Waals surface area contributed by atoms with Gasteiger partial charge in [0.25, 0.3) is 0 Å². The van der Waals surface area contributed by atoms with Crippen molar-refractivity contribution in [1.82, 2.24) is 4.90 Å². The number of piperidine rings is 1. The Morgan fingerprint density at radius 1 is 1.03 bits per heavy atom. The summed E-state index contributed by atoms with van der Waals surface area (Å²) in [7, 11) is 1.51. The SMILES string of the molecule is COc1cc(CC(=O)N2CC[C@@H](Nc3ccccc3)[C@@H](Cc3ccccc3)C2)ccc1O. The van der Waals surface area contributed by atoms with Gasteiger partial charge in [0.05, 0.1) is 13.5 Å². The highest BCUT2D eigenvalue weighted by Gasteiger charge is 2.31. The molecule has 5 heteroatoms. The molecule has 0 aliphatic carbocycles. The van der Waals surface area contributed by atoms with Crippen molar-refractivity contribution in [3.63, 3.8) is 0 Å². The number of benzene rings is 3. The fourth-order valence-electron chi connectivity index (χ4n) is 4.44. The van der Waals surface area contributed by atoms with E-state index in [1.807, 2.05) is 29.2 Å². The van der Waals surface area contributed by atoms with E-state index >= 15 is 0 Å². The molecule has 0 spiro atoms. The number of phenols is 1. The fraction of sp³-hybridized carbons (Fsp3) is 0.296. The number of ether oxygens (including phenoxy) is 1. The molecule has 0 bridgehead atoms. The van der Waals surface area contributed by atoms with Crippen molar-refractivity contribution >= 4 is 11.6 Å². The number of rotatable bonds is 7. The molecule has 4 rings (SSSR count). The topological polar surface area (TPSA) is 61.8 Å². The minimum absolute atomic E-state index is 0.0828. The number of phenolic OH excluding ortho intramolecular Hbond substituents is 1. The standard InChI is InChI=1S/C27H30N2O3/c1-32-26-17-21(12-13-25(26)30)18-27(31)29-15-14-24(28-23-10-6-3-7-11-23)22(19-29)16-20-8-4-2-5-9-20/h2-13,17,22,24,28,30H,14-16,18-19H2,1H3/t22-,24+/m0/s1. The fourth-order valence-corrected chi connectivity index (χ4v) is 4.44. The Hall–Kier alpha value is -3.47. The summed E-state index contributed by atoms with van der Waals surface area (Å²) in [6, 6.07) is 26.2. The van der Waals surface area contributed by atoms with Crippen LogP contribution in [-0.4, -0.2) is 42.2 Å². The van der Waals surface area contributed by atoms with Gasteiger partial charge in [0.15, 0.2) is 11.5 Å². The largest absolute Gasteiger partial charge is 0.504 e. The monoisotopic (exact) mass is 430 g/mol. The predicted octanol–water partition coefficient (Wildman–Crippen LogP) is 4.52. The van der Waals surface area contributed by atoms with Crippen molar-refractivity contribution in [2.24, 2.45) is 5.92 Å². The first-order chi connectivity index (χ1) is 15.6. The predicted molar refractivity (Wildman–Crippen MR) is 127 cm³/mol. The van der Waals surface area contributed by atoms with Crippen LogP contribution in [0.2, 0.25) is 0 Å². The van der Waals surface area contributed by atoms with Gasteiger partial charge in [0, 0.05) is 30.7 Å². The van der Waals surface area contributed by atoms with E-state index in [9.17, 15) is 9.90 Å². The van der Waals surface area contributed by atoms with Gasteiger partial charge in [-0.1, -0.05) is 54.6 Å². The van der Waals surface area contributed by atoms with Gasteiger partial charge in [-0.2, -0.15) is 0 Å². The van der Waals surface area contributed by atoms with Gasteiger partial charge < -0.3 is 20.1 Å². The third-order valence-electron chi connectivity index (χ3n) is 6.15. The number of carbonyl (C=O) groups excluding carboxylic acids is 1. The normalized spacial score (nSPS) is 18.2. The van der Waals surface area contributed by atoms with E-state index in [0.29, 0.717) is 30.7 Å². The zero-order valence-corrected chi connectivity index (χ0v) is 18.4. The maximum Gasteiger partial charge on any atom is 0.227 e. The van der Waals surface area contributed by atoms with Crippen molar-refractivity contribution < 1.29 is 14.6 Å². The first-order valence-electron chi connectivity index (χ1n) is 11.1. The maximum absolute atomic E-state index is 13.1. The van der Waals surface area contributed by atoms with Gasteiger partial charge in [-0.25, -0.2) is 0 Å². The number of methoxy groups -OCH3 is 1. The Bertz CT molecular complexity index is 1020. The first-order valence-corrected chi connectivity index (χ1v) is 11.1. The van der Waals surface area contributed by atoms with E-state index in [0.717, 1.165) is 30.6 Å². The summed E-state index contributed by atoms with van der Waals surface area (Å²) >= 11 is 0. The van der Waals surface area contributed by atoms with Crippen LogP contribution in [0.1, 0.15) is 17.5 Å². The minimum atomic E-state index is 0.0828. The summed E-state index contributed by atoms with van der Waals surface area (Å²) < 4.78 is 5.18. The number of nitrogens with zero attached hydrogens (tertiary/aromatic N) is 1. The number of aromatic hydroxyl groups is 1. The second kappa shape index (κ2) is 10.2. The molecule has 1 aliphatic rings. The third kappa shape index (κ3) is 5.41. The van der Waals surface area contributed by atoms with Crippen LogP contribution in [0.4, 0.5) is 5.69 Å². The average Bonchev–Trinajstić information content (AvgIpc) is 2.82. The molecule has 5 nitrogen and oxygen atoms in total. The molecular weight excluding hydrogens is 400 g/mol. The lowest BCUT2D eigenvalue weighted by Crippen LogP contribution is -2.49. The van der Waals surface area contributed by atoms with Gasteiger partial charge in [0.2, 0.25) is 5.91 Å². The molecule has 0 unspecified atom stereocenters. The lowest BCUT2D eigenvalue weighted by Gasteiger charge is -2.39. The van der Waals surface area contributed by atoms with Crippen LogP contribution in [0.25, 0.3) is 0 Å². The number of hydrogen-bond acceptors (Lipinski definition) is 4. The number of carbonyl (C=O) groups is 1. The first kappa shape index (κ1) is 21.8. The zero-order valence-electron chi connectivity index (χ0n) is 18.4. The molecule has 166 valence electrons. The van der Waals surface area contributed by atoms with Gasteiger partial charge in [0.1, 0.15) is 0 Å². The number of anilines is 1. The van der Waals surface area contributed by atoms with E-state index in [1.165, 1.54) is 12.7 Å². The van der Waals surface area contributed by atoms with Crippen LogP contribution in [0.5, 0.6) is 11.5 Å². The van der Waals surface area contributed by atoms with Crippen molar-refractivity contribution in [3.05, 3.63) is 90.0 Å². The number of nitrogens with one attached hydrogen (secondary N) is 1. The van der Waals surface area contributed by atoms with Crippen molar-refractivity contribution in [2.75, 3.05) is 25.5 Å². The Balaban J connectivity index is 1.47. The van der Waals surface area contributed by atoms with Gasteiger partial charge in [-0.05, 0) is 48.2 Å². The summed E-state index contributed by atoms with van der Waals surface area (Å²) in [5.41, 5.74) is 3.25. The Labute approximate surface area is 189 Å². The van der Waals surface area contributed by atoms with Gasteiger partial charge in [-0.3, -0.25) is 4.79 Å². The van der Waals surface area contributed by atoms with Gasteiger partial charge in [-0.15, -0.1) is 0 Å². The van der Waals surface area contributed by atoms with Crippen LogP contribution in [0.15, 0.2) is 78.9 Å². The molecule has 1 amide bonds. The summed E-state index contributed by atoms with van der Waals surface area (Å²) in [6.45, 7) is 1.44. The third-order valence-corrected chi connectivity index (χ3v) is 6.15. The molecule has 2 N–H and O–H groups in total. The van der Waals surface area contributed by atoms with E-state index in [4.69, 9.17) is 4.74 Å². The van der Waals surface area contributed by atoms with Crippen LogP contribution in [0.3, 0.4) is 0 Å². The van der Waals surface area contributed by atoms with E-state index in [-0.39, 0.29) is 11.7 Å². The molecule has 3 aromatic rings. The van der Waals surface area contributed by atoms with Crippen LogP contribution in [-0.2, 0) is 17.6 Å². The zero-order chi connectivity index (χ0) is 22.3. The van der Waals surface area contributed by atoms with Crippen LogP contribution >= 0.6 is 0 Å². The highest BCUT2D eigenvalue weighted by Crippen LogP contribution is 2.28. The smallest absolute Gasteiger partial charge is 0.227 e. The van der Waals surface area contributed by atoms with Crippen molar-refractivity contribution in [2.45, 2.75) is 25.3 Å². The molecule has 1 heterocycles. The van der Waals surface area contributed by atoms with Crippen molar-refractivity contribution in [1.29, 1.82) is 0 Å². The number of para-hydroxylation sites is 1. The molecular formula is C27H30N2O3. The molecule has 1 fully saturated rings. The van der Waals surface area contributed by atoms with E-state index in [2.05, 4.69) is 41.7 Å². The highest BCUT2D eigenvalue weighted by atomic mass is 16.5. The lowest BCUT2D eigenvalue weighted by molar-refractivity contribution is -0.132. The lowest BCUT2D eigenvalue weighted by atomic mass is 9.86. The average molecular weight is 431 g/mol. The summed E-state index contributed by atoms with van der Waals surface area (Å²) in [5, 5.41) is 13.5. The minimum Gasteiger partial charge on any atom is -0.504 e. The van der Waals surface area contributed by atoms with Crippen LogP contribution < -0.4 is 10.1 Å². The second-order valence-corrected chi connectivity index (χ2v) is 8.38. The number of amides is 1. The quantitative estimate of drug-likeness (QED) is 0.579. The molecule has 1 saturated heterocycles. The molecule has 0 radical (unpaired) electrons. The maximum atomic E-state index is 13.1. The Kier molecular flexibility index (Phi) is 6.95. The van der Waals surface area contributed by atoms with Crippen molar-refractivity contribution in [3.8, 4) is 11.5 Å². The molecule has 0 saturated carbocycles. The molecule has 0 aromatic heterocycles. The Morgan fingerprint density at radius 3 is 2.47 bits per heavy atom. The molecule has 32 heavy (non-hydrogen) atoms. The number of likely N-dealkylation sites (tertiary alicyclic amines) is 1. The van der Waals surface area contributed by atoms with E-state index < -0.39 is 0 Å².